The van der Waals surface area contributed by atoms with E-state index in [1.54, 1.807) is 72.8 Å². The minimum atomic E-state index is -4.06. The van der Waals surface area contributed by atoms with E-state index in [0.29, 0.717) is 44.1 Å². The lowest BCUT2D eigenvalue weighted by atomic mass is 10.1. The third kappa shape index (κ3) is 11.1. The number of aromatic nitrogens is 4. The van der Waals surface area contributed by atoms with E-state index in [4.69, 9.17) is 33.5 Å². The van der Waals surface area contributed by atoms with E-state index in [1.165, 1.54) is 47.3 Å². The average molecular weight is 870 g/mol. The van der Waals surface area contributed by atoms with Crippen LogP contribution in [0.15, 0.2) is 113 Å². The Morgan fingerprint density at radius 2 is 1.22 bits per heavy atom. The van der Waals surface area contributed by atoms with Crippen LogP contribution in [0.25, 0.3) is 22.3 Å². The smallest absolute Gasteiger partial charge is 0.238 e. The number of hydrogen-bond acceptors (Lipinski definition) is 8. The molecule has 0 aliphatic rings. The number of nitrogens with zero attached hydrogens (tertiary/aromatic N) is 4. The predicted octanol–water partition coefficient (Wildman–Crippen LogP) is 6.50. The van der Waals surface area contributed by atoms with Crippen molar-refractivity contribution in [2.45, 2.75) is 48.9 Å². The highest BCUT2D eigenvalue weighted by Crippen LogP contribution is 2.32. The van der Waals surface area contributed by atoms with Gasteiger partial charge in [0.05, 0.1) is 45.6 Å². The normalized spacial score (nSPS) is 11.7. The van der Waals surface area contributed by atoms with Gasteiger partial charge in [0.1, 0.15) is 5.82 Å². The van der Waals surface area contributed by atoms with E-state index < -0.39 is 31.8 Å². The Balaban J connectivity index is 0.000000221. The summed E-state index contributed by atoms with van der Waals surface area (Å²) in [6, 6.07) is 20.1. The van der Waals surface area contributed by atoms with Crippen molar-refractivity contribution in [3.05, 3.63) is 131 Å². The Hall–Kier alpha value is -5.43. The second-order valence-corrected chi connectivity index (χ2v) is 17.9. The summed E-state index contributed by atoms with van der Waals surface area (Å²) in [7, 11) is -6.40. The third-order valence-corrected chi connectivity index (χ3v) is 11.1. The molecule has 6 aromatic rings. The second kappa shape index (κ2) is 17.6. The quantitative estimate of drug-likeness (QED) is 0.119. The molecule has 0 saturated carbocycles. The van der Waals surface area contributed by atoms with Gasteiger partial charge in [0.25, 0.3) is 0 Å². The molecule has 0 spiro atoms. The van der Waals surface area contributed by atoms with Gasteiger partial charge in [-0.25, -0.2) is 31.5 Å². The molecule has 0 bridgehead atoms. The first kappa shape index (κ1) is 43.7. The van der Waals surface area contributed by atoms with Crippen LogP contribution >= 0.6 is 23.2 Å². The van der Waals surface area contributed by atoms with Gasteiger partial charge < -0.3 is 10.6 Å². The monoisotopic (exact) mass is 868 g/mol. The Morgan fingerprint density at radius 3 is 1.71 bits per heavy atom. The van der Waals surface area contributed by atoms with Crippen molar-refractivity contribution in [2.24, 2.45) is 17.3 Å². The Bertz CT molecular complexity index is 2730. The summed E-state index contributed by atoms with van der Waals surface area (Å²) in [6.45, 7) is 5.96. The van der Waals surface area contributed by atoms with Crippen molar-refractivity contribution in [2.75, 3.05) is 10.6 Å². The lowest BCUT2D eigenvalue weighted by Gasteiger charge is -2.18. The van der Waals surface area contributed by atoms with Crippen LogP contribution in [0.4, 0.5) is 15.8 Å². The SMILES string of the molecule is CC(C)(C)n1cc(-c2ccc(NC(=O)Cc3ccccc3Cl)cc2S(N)(=O)=O)cn1.Cn1cc(-c2ccc(NC(=O)Cc3cccc(F)c3Cl)cc2S(N)(=O)=O)cn1. The number of carbonyl (C=O) groups excluding carboxylic acids is 2. The lowest BCUT2D eigenvalue weighted by Crippen LogP contribution is -2.21. The summed E-state index contributed by atoms with van der Waals surface area (Å²) in [5.74, 6) is -1.43. The lowest BCUT2D eigenvalue weighted by molar-refractivity contribution is -0.116. The molecule has 0 unspecified atom stereocenters. The molecule has 304 valence electrons. The molecule has 2 amide bonds. The summed E-state index contributed by atoms with van der Waals surface area (Å²) in [5.41, 5.74) is 3.24. The number of anilines is 2. The van der Waals surface area contributed by atoms with E-state index in [9.17, 15) is 30.8 Å². The zero-order chi connectivity index (χ0) is 42.6. The van der Waals surface area contributed by atoms with Crippen LogP contribution in [0.1, 0.15) is 31.9 Å². The molecule has 0 fully saturated rings. The number of amides is 2. The van der Waals surface area contributed by atoms with Gasteiger partial charge in [-0.15, -0.1) is 0 Å². The molecule has 0 aliphatic heterocycles. The highest BCUT2D eigenvalue weighted by atomic mass is 35.5. The molecule has 0 radical (unpaired) electrons. The van der Waals surface area contributed by atoms with Gasteiger partial charge >= 0.3 is 0 Å². The highest BCUT2D eigenvalue weighted by Gasteiger charge is 2.22. The van der Waals surface area contributed by atoms with E-state index in [2.05, 4.69) is 20.8 Å². The highest BCUT2D eigenvalue weighted by molar-refractivity contribution is 7.89. The molecule has 4 aromatic carbocycles. The maximum Gasteiger partial charge on any atom is 0.238 e. The van der Waals surface area contributed by atoms with Crippen LogP contribution in [-0.2, 0) is 55.1 Å². The predicted molar refractivity (Wildman–Crippen MR) is 222 cm³/mol. The molecule has 6 N–H and O–H groups in total. The van der Waals surface area contributed by atoms with Crippen LogP contribution < -0.4 is 20.9 Å². The molecule has 0 saturated heterocycles. The Labute approximate surface area is 345 Å². The van der Waals surface area contributed by atoms with Gasteiger partial charge in [0.15, 0.2) is 0 Å². The summed E-state index contributed by atoms with van der Waals surface area (Å²) in [4.78, 5) is 24.4. The number of rotatable bonds is 10. The first-order valence-corrected chi connectivity index (χ1v) is 21.1. The molecule has 0 atom stereocenters. The van der Waals surface area contributed by atoms with Gasteiger partial charge in [-0.2, -0.15) is 10.2 Å². The topological polar surface area (TPSA) is 214 Å². The van der Waals surface area contributed by atoms with E-state index in [-0.39, 0.29) is 44.8 Å². The molecular weight excluding hydrogens is 831 g/mol. The number of benzene rings is 4. The summed E-state index contributed by atoms with van der Waals surface area (Å²) < 4.78 is 65.3. The number of primary sulfonamides is 2. The van der Waals surface area contributed by atoms with Crippen molar-refractivity contribution in [3.63, 3.8) is 0 Å². The molecule has 14 nitrogen and oxygen atoms in total. The first-order valence-electron chi connectivity index (χ1n) is 17.2. The van der Waals surface area contributed by atoms with Crippen LogP contribution in [0, 0.1) is 5.82 Å². The number of nitrogens with one attached hydrogen (secondary N) is 2. The van der Waals surface area contributed by atoms with E-state index in [0.717, 1.165) is 0 Å². The van der Waals surface area contributed by atoms with Crippen LogP contribution in [0.2, 0.25) is 10.0 Å². The van der Waals surface area contributed by atoms with Crippen LogP contribution in [-0.4, -0.2) is 48.2 Å². The number of carbonyl (C=O) groups is 2. The fraction of sp³-hybridized carbons (Fsp3) is 0.179. The summed E-state index contributed by atoms with van der Waals surface area (Å²) in [5, 5.41) is 24.7. The van der Waals surface area contributed by atoms with Crippen molar-refractivity contribution in [1.82, 2.24) is 19.6 Å². The molecule has 2 heterocycles. The fourth-order valence-corrected chi connectivity index (χ4v) is 7.58. The molecule has 58 heavy (non-hydrogen) atoms. The molecule has 2 aromatic heterocycles. The van der Waals surface area contributed by atoms with E-state index in [1.807, 2.05) is 20.8 Å². The Morgan fingerprint density at radius 1 is 0.724 bits per heavy atom. The maximum absolute atomic E-state index is 13.5. The first-order chi connectivity index (χ1) is 27.1. The molecular formula is C39H39Cl2FN8O6S2. The van der Waals surface area contributed by atoms with Crippen LogP contribution in [0.5, 0.6) is 0 Å². The molecule has 19 heteroatoms. The zero-order valence-corrected chi connectivity index (χ0v) is 34.7. The number of sulfonamides is 2. The molecule has 0 aliphatic carbocycles. The maximum atomic E-state index is 13.5. The number of hydrogen-bond donors (Lipinski definition) is 4. The minimum absolute atomic E-state index is 0.0600. The number of nitrogens with two attached hydrogens (primary N) is 2. The standard InChI is InChI=1S/C21H23ClN4O3S.C18H16ClFN4O3S/c1-21(2,3)26-13-15(12-24-26)17-9-8-16(11-19(17)30(23,28)29)25-20(27)10-14-6-4-5-7-18(14)22;1-24-10-12(9-22-24)14-6-5-13(8-16(14)28(21,26)27)23-17(25)7-11-3-2-4-15(20)18(11)19/h4-9,11-13H,10H2,1-3H3,(H,25,27)(H2,23,28,29);2-6,8-10H,7H2,1H3,(H,23,25)(H2,21,26,27). The third-order valence-electron chi connectivity index (χ3n) is 8.43. The van der Waals surface area contributed by atoms with Gasteiger partial charge in [0, 0.05) is 58.1 Å². The average Bonchev–Trinajstić information content (AvgIpc) is 3.81. The van der Waals surface area contributed by atoms with Crippen molar-refractivity contribution < 1.29 is 30.8 Å². The van der Waals surface area contributed by atoms with Crippen LogP contribution in [0.3, 0.4) is 0 Å². The second-order valence-electron chi connectivity index (χ2n) is 14.0. The van der Waals surface area contributed by atoms with Gasteiger partial charge in [-0.3, -0.25) is 19.0 Å². The Kier molecular flexibility index (Phi) is 13.3. The van der Waals surface area contributed by atoms with Gasteiger partial charge in [-0.05, 0) is 68.3 Å². The molecule has 6 rings (SSSR count). The van der Waals surface area contributed by atoms with Crippen molar-refractivity contribution >= 4 is 66.4 Å². The number of aryl methyl sites for hydroxylation is 1. The van der Waals surface area contributed by atoms with Crippen molar-refractivity contribution in [1.29, 1.82) is 0 Å². The van der Waals surface area contributed by atoms with E-state index >= 15 is 0 Å². The minimum Gasteiger partial charge on any atom is -0.326 e. The van der Waals surface area contributed by atoms with Crippen molar-refractivity contribution in [3.8, 4) is 22.3 Å². The largest absolute Gasteiger partial charge is 0.326 e. The number of halogens is 3. The van der Waals surface area contributed by atoms with Gasteiger partial charge in [0.2, 0.25) is 31.9 Å². The summed E-state index contributed by atoms with van der Waals surface area (Å²) >= 11 is 12.0. The summed E-state index contributed by atoms with van der Waals surface area (Å²) in [6.07, 6.45) is 6.39. The fourth-order valence-electron chi connectivity index (χ4n) is 5.62. The van der Waals surface area contributed by atoms with Gasteiger partial charge in [-0.1, -0.05) is 65.7 Å². The zero-order valence-electron chi connectivity index (χ0n) is 31.6.